The van der Waals surface area contributed by atoms with Gasteiger partial charge in [-0.15, -0.1) is 5.10 Å². The van der Waals surface area contributed by atoms with Crippen LogP contribution in [-0.2, 0) is 4.74 Å². The minimum atomic E-state index is -0.681. The number of nitrogens with one attached hydrogen (secondary N) is 1. The fraction of sp³-hybridized carbons (Fsp3) is 0.222. The third-order valence-electron chi connectivity index (χ3n) is 4.12. The Hall–Kier alpha value is -2.71. The van der Waals surface area contributed by atoms with Crippen LogP contribution in [0.3, 0.4) is 0 Å². The second kappa shape index (κ2) is 7.50. The van der Waals surface area contributed by atoms with Crippen molar-refractivity contribution in [1.29, 1.82) is 0 Å². The molecule has 1 aromatic heterocycles. The molecule has 140 valence electrons. The van der Waals surface area contributed by atoms with Gasteiger partial charge in [0.1, 0.15) is 18.0 Å². The molecule has 0 spiro atoms. The number of rotatable bonds is 4. The number of anilines is 3. The summed E-state index contributed by atoms with van der Waals surface area (Å²) in [5.74, 6) is -1.07. The zero-order valence-corrected chi connectivity index (χ0v) is 15.0. The zero-order chi connectivity index (χ0) is 18.8. The summed E-state index contributed by atoms with van der Waals surface area (Å²) in [5, 5.41) is 7.86. The molecule has 0 unspecified atom stereocenters. The predicted octanol–water partition coefficient (Wildman–Crippen LogP) is 3.78. The second-order valence-electron chi connectivity index (χ2n) is 6.06. The summed E-state index contributed by atoms with van der Waals surface area (Å²) < 4.78 is 33.4. The Labute approximate surface area is 159 Å². The normalized spacial score (nSPS) is 14.4. The van der Waals surface area contributed by atoms with E-state index in [9.17, 15) is 8.78 Å². The van der Waals surface area contributed by atoms with E-state index in [4.69, 9.17) is 16.3 Å². The number of hydrogen-bond donors (Lipinski definition) is 1. The Morgan fingerprint density at radius 3 is 2.44 bits per heavy atom. The smallest absolute Gasteiger partial charge is 0.246 e. The van der Waals surface area contributed by atoms with Gasteiger partial charge < -0.3 is 15.0 Å². The molecule has 0 aliphatic carbocycles. The van der Waals surface area contributed by atoms with E-state index in [2.05, 4.69) is 20.3 Å². The van der Waals surface area contributed by atoms with Gasteiger partial charge in [-0.2, -0.15) is 4.98 Å². The first-order valence-electron chi connectivity index (χ1n) is 8.35. The topological polar surface area (TPSA) is 55.2 Å². The molecule has 1 N–H and O–H groups in total. The highest BCUT2D eigenvalue weighted by Gasteiger charge is 2.13. The van der Waals surface area contributed by atoms with E-state index < -0.39 is 11.6 Å². The standard InChI is InChI=1S/C18H16ClF2N5O/c19-12-5-15(10-16(6-12)25-1-3-27-4-2-25)23-18-22-11-26(24-18)17-8-13(20)7-14(21)9-17/h5-11H,1-4H2,(H,23,24). The summed E-state index contributed by atoms with van der Waals surface area (Å²) in [5.41, 5.74) is 1.93. The fourth-order valence-electron chi connectivity index (χ4n) is 2.90. The maximum atomic E-state index is 13.4. The summed E-state index contributed by atoms with van der Waals surface area (Å²) in [6.07, 6.45) is 1.38. The Morgan fingerprint density at radius 1 is 0.963 bits per heavy atom. The van der Waals surface area contributed by atoms with Gasteiger partial charge in [-0.3, -0.25) is 0 Å². The van der Waals surface area contributed by atoms with Crippen LogP contribution < -0.4 is 10.2 Å². The molecular formula is C18H16ClF2N5O. The highest BCUT2D eigenvalue weighted by atomic mass is 35.5. The summed E-state index contributed by atoms with van der Waals surface area (Å²) >= 11 is 6.24. The van der Waals surface area contributed by atoms with E-state index in [1.165, 1.54) is 23.1 Å². The van der Waals surface area contributed by atoms with E-state index in [0.29, 0.717) is 23.9 Å². The molecule has 2 heterocycles. The first kappa shape index (κ1) is 17.7. The van der Waals surface area contributed by atoms with Crippen LogP contribution in [0.4, 0.5) is 26.1 Å². The van der Waals surface area contributed by atoms with Gasteiger partial charge in [-0.1, -0.05) is 11.6 Å². The third-order valence-corrected chi connectivity index (χ3v) is 4.34. The Kier molecular flexibility index (Phi) is 4.91. The average Bonchev–Trinajstić information content (AvgIpc) is 3.10. The summed E-state index contributed by atoms with van der Waals surface area (Å²) in [7, 11) is 0. The van der Waals surface area contributed by atoms with Crippen LogP contribution in [0.1, 0.15) is 0 Å². The van der Waals surface area contributed by atoms with Gasteiger partial charge in [-0.25, -0.2) is 13.5 Å². The van der Waals surface area contributed by atoms with Gasteiger partial charge in [0.05, 0.1) is 18.9 Å². The number of ether oxygens (including phenoxy) is 1. The molecule has 0 radical (unpaired) electrons. The monoisotopic (exact) mass is 391 g/mol. The van der Waals surface area contributed by atoms with Crippen LogP contribution in [0.2, 0.25) is 5.02 Å². The number of halogens is 3. The average molecular weight is 392 g/mol. The lowest BCUT2D eigenvalue weighted by Gasteiger charge is -2.29. The van der Waals surface area contributed by atoms with E-state index in [1.807, 2.05) is 12.1 Å². The minimum absolute atomic E-state index is 0.244. The SMILES string of the molecule is Fc1cc(F)cc(-n2cnc(Nc3cc(Cl)cc(N4CCOCC4)c3)n2)c1. The molecule has 1 saturated heterocycles. The van der Waals surface area contributed by atoms with Gasteiger partial charge in [-0.05, 0) is 30.3 Å². The maximum Gasteiger partial charge on any atom is 0.246 e. The Bertz CT molecular complexity index is 938. The van der Waals surface area contributed by atoms with Crippen LogP contribution in [0, 0.1) is 11.6 Å². The van der Waals surface area contributed by atoms with Crippen molar-refractivity contribution in [2.75, 3.05) is 36.5 Å². The number of nitrogens with zero attached hydrogens (tertiary/aromatic N) is 4. The largest absolute Gasteiger partial charge is 0.378 e. The molecule has 27 heavy (non-hydrogen) atoms. The molecule has 4 rings (SSSR count). The van der Waals surface area contributed by atoms with Crippen LogP contribution >= 0.6 is 11.6 Å². The fourth-order valence-corrected chi connectivity index (χ4v) is 3.13. The first-order valence-corrected chi connectivity index (χ1v) is 8.73. The molecular weight excluding hydrogens is 376 g/mol. The van der Waals surface area contributed by atoms with Gasteiger partial charge in [0.2, 0.25) is 5.95 Å². The van der Waals surface area contributed by atoms with Gasteiger partial charge in [0.15, 0.2) is 0 Å². The third kappa shape index (κ3) is 4.17. The highest BCUT2D eigenvalue weighted by molar-refractivity contribution is 6.31. The molecule has 0 amide bonds. The van der Waals surface area contributed by atoms with Crippen LogP contribution in [0.5, 0.6) is 0 Å². The van der Waals surface area contributed by atoms with Crippen molar-refractivity contribution < 1.29 is 13.5 Å². The number of aromatic nitrogens is 3. The molecule has 0 bridgehead atoms. The quantitative estimate of drug-likeness (QED) is 0.733. The molecule has 0 atom stereocenters. The lowest BCUT2D eigenvalue weighted by atomic mass is 10.2. The lowest BCUT2D eigenvalue weighted by Crippen LogP contribution is -2.36. The molecule has 3 aromatic rings. The van der Waals surface area contributed by atoms with Crippen molar-refractivity contribution in [2.45, 2.75) is 0 Å². The van der Waals surface area contributed by atoms with E-state index >= 15 is 0 Å². The van der Waals surface area contributed by atoms with Gasteiger partial charge in [0.25, 0.3) is 0 Å². The van der Waals surface area contributed by atoms with Gasteiger partial charge >= 0.3 is 0 Å². The Balaban J connectivity index is 1.56. The highest BCUT2D eigenvalue weighted by Crippen LogP contribution is 2.27. The van der Waals surface area contributed by atoms with Crippen molar-refractivity contribution in [3.05, 3.63) is 59.4 Å². The zero-order valence-electron chi connectivity index (χ0n) is 14.2. The molecule has 1 aliphatic heterocycles. The number of hydrogen-bond acceptors (Lipinski definition) is 5. The summed E-state index contributed by atoms with van der Waals surface area (Å²) in [4.78, 5) is 6.32. The van der Waals surface area contributed by atoms with Gasteiger partial charge in [0, 0.05) is 35.6 Å². The first-order chi connectivity index (χ1) is 13.1. The van der Waals surface area contributed by atoms with Crippen molar-refractivity contribution in [1.82, 2.24) is 14.8 Å². The van der Waals surface area contributed by atoms with Crippen molar-refractivity contribution >= 4 is 28.9 Å². The molecule has 2 aromatic carbocycles. The molecule has 1 aliphatic rings. The van der Waals surface area contributed by atoms with E-state index in [-0.39, 0.29) is 11.6 Å². The summed E-state index contributed by atoms with van der Waals surface area (Å²) in [6, 6.07) is 8.75. The van der Waals surface area contributed by atoms with E-state index in [1.54, 1.807) is 6.07 Å². The molecule has 6 nitrogen and oxygen atoms in total. The van der Waals surface area contributed by atoms with Crippen molar-refractivity contribution in [2.24, 2.45) is 0 Å². The van der Waals surface area contributed by atoms with E-state index in [0.717, 1.165) is 24.8 Å². The van der Waals surface area contributed by atoms with Crippen LogP contribution in [-0.4, -0.2) is 41.1 Å². The number of benzene rings is 2. The minimum Gasteiger partial charge on any atom is -0.378 e. The van der Waals surface area contributed by atoms with Crippen LogP contribution in [0.15, 0.2) is 42.7 Å². The predicted molar refractivity (Wildman–Crippen MR) is 99.0 cm³/mol. The second-order valence-corrected chi connectivity index (χ2v) is 6.50. The molecule has 1 fully saturated rings. The van der Waals surface area contributed by atoms with Crippen LogP contribution in [0.25, 0.3) is 5.69 Å². The molecule has 0 saturated carbocycles. The Morgan fingerprint density at radius 2 is 1.70 bits per heavy atom. The summed E-state index contributed by atoms with van der Waals surface area (Å²) in [6.45, 7) is 2.92. The molecule has 9 heteroatoms. The maximum absolute atomic E-state index is 13.4. The van der Waals surface area contributed by atoms with Crippen molar-refractivity contribution in [3.8, 4) is 5.69 Å². The van der Waals surface area contributed by atoms with Crippen molar-refractivity contribution in [3.63, 3.8) is 0 Å². The number of morpholine rings is 1. The lowest BCUT2D eigenvalue weighted by molar-refractivity contribution is 0.122.